The average molecular weight is 167 g/mol. The van der Waals surface area contributed by atoms with Gasteiger partial charge >= 0.3 is 0 Å². The van der Waals surface area contributed by atoms with Gasteiger partial charge in [0.25, 0.3) is 0 Å². The fourth-order valence-electron chi connectivity index (χ4n) is 1.60. The molecule has 0 aliphatic heterocycles. The zero-order valence-electron chi connectivity index (χ0n) is 6.94. The third-order valence-electron chi connectivity index (χ3n) is 2.24. The highest BCUT2D eigenvalue weighted by molar-refractivity contribution is 5.95. The van der Waals surface area contributed by atoms with Crippen molar-refractivity contribution < 1.29 is 0 Å². The smallest absolute Gasteiger partial charge is 0.117 e. The van der Waals surface area contributed by atoms with Gasteiger partial charge < -0.3 is 4.40 Å². The summed E-state index contributed by atoms with van der Waals surface area (Å²) in [6, 6.07) is 10.3. The van der Waals surface area contributed by atoms with Gasteiger partial charge in [0.1, 0.15) is 12.5 Å². The molecule has 2 nitrogen and oxygen atoms in total. The van der Waals surface area contributed by atoms with Crippen LogP contribution in [0, 0.1) is 6.20 Å². The fraction of sp³-hybridized carbons (Fsp3) is 0. The Hall–Kier alpha value is -1.83. The minimum atomic E-state index is 1.04. The van der Waals surface area contributed by atoms with E-state index in [-0.39, 0.29) is 0 Å². The molecule has 0 unspecified atom stereocenters. The average Bonchev–Trinajstić information content (AvgIpc) is 2.65. The highest BCUT2D eigenvalue weighted by atomic mass is 15.0. The van der Waals surface area contributed by atoms with E-state index < -0.39 is 0 Å². The lowest BCUT2D eigenvalue weighted by atomic mass is 10.1. The van der Waals surface area contributed by atoms with Crippen LogP contribution in [0.25, 0.3) is 16.3 Å². The van der Waals surface area contributed by atoms with Gasteiger partial charge in [0.05, 0.1) is 5.52 Å². The molecular formula is C11H7N2. The van der Waals surface area contributed by atoms with Crippen LogP contribution in [0.15, 0.2) is 42.9 Å². The van der Waals surface area contributed by atoms with E-state index in [1.807, 2.05) is 22.7 Å². The molecule has 3 rings (SSSR count). The van der Waals surface area contributed by atoms with Crippen molar-refractivity contribution in [2.75, 3.05) is 0 Å². The van der Waals surface area contributed by atoms with E-state index in [9.17, 15) is 0 Å². The largest absolute Gasteiger partial charge is 0.305 e. The molecular weight excluding hydrogens is 160 g/mol. The maximum atomic E-state index is 3.99. The zero-order valence-corrected chi connectivity index (χ0v) is 6.94. The Morgan fingerprint density at radius 2 is 2.08 bits per heavy atom. The second kappa shape index (κ2) is 2.33. The van der Waals surface area contributed by atoms with Crippen molar-refractivity contribution in [2.45, 2.75) is 0 Å². The van der Waals surface area contributed by atoms with Crippen LogP contribution in [0.3, 0.4) is 0 Å². The van der Waals surface area contributed by atoms with E-state index in [0.717, 1.165) is 5.52 Å². The monoisotopic (exact) mass is 167 g/mol. The van der Waals surface area contributed by atoms with Crippen LogP contribution < -0.4 is 0 Å². The van der Waals surface area contributed by atoms with Crippen LogP contribution >= 0.6 is 0 Å². The van der Waals surface area contributed by atoms with Gasteiger partial charge in [0, 0.05) is 11.6 Å². The van der Waals surface area contributed by atoms with Crippen LogP contribution in [0.1, 0.15) is 0 Å². The highest BCUT2D eigenvalue weighted by Crippen LogP contribution is 2.18. The molecule has 1 radical (unpaired) electrons. The van der Waals surface area contributed by atoms with Crippen molar-refractivity contribution in [2.24, 2.45) is 0 Å². The van der Waals surface area contributed by atoms with Crippen molar-refractivity contribution >= 4 is 16.3 Å². The number of imidazole rings is 1. The molecule has 1 aromatic carbocycles. The summed E-state index contributed by atoms with van der Waals surface area (Å²) in [5.74, 6) is 0. The predicted molar refractivity (Wildman–Crippen MR) is 51.5 cm³/mol. The minimum absolute atomic E-state index is 1.04. The van der Waals surface area contributed by atoms with Crippen LogP contribution in [-0.4, -0.2) is 9.38 Å². The van der Waals surface area contributed by atoms with E-state index in [2.05, 4.69) is 29.4 Å². The molecule has 2 heteroatoms. The second-order valence-corrected chi connectivity index (χ2v) is 3.02. The number of aromatic nitrogens is 2. The Labute approximate surface area is 75.5 Å². The summed E-state index contributed by atoms with van der Waals surface area (Å²) in [6.07, 6.45) is 6.74. The van der Waals surface area contributed by atoms with Crippen LogP contribution in [0.2, 0.25) is 0 Å². The third kappa shape index (κ3) is 0.855. The topological polar surface area (TPSA) is 17.3 Å². The maximum absolute atomic E-state index is 3.99. The summed E-state index contributed by atoms with van der Waals surface area (Å²) < 4.78 is 1.97. The van der Waals surface area contributed by atoms with Crippen molar-refractivity contribution in [3.05, 3.63) is 49.1 Å². The van der Waals surface area contributed by atoms with Gasteiger partial charge in [-0.1, -0.05) is 24.3 Å². The third-order valence-corrected chi connectivity index (χ3v) is 2.24. The maximum Gasteiger partial charge on any atom is 0.117 e. The zero-order chi connectivity index (χ0) is 8.67. The Morgan fingerprint density at radius 1 is 1.15 bits per heavy atom. The lowest BCUT2D eigenvalue weighted by molar-refractivity contribution is 1.16. The summed E-state index contributed by atoms with van der Waals surface area (Å²) in [5, 5.41) is 2.43. The van der Waals surface area contributed by atoms with Crippen molar-refractivity contribution in [1.82, 2.24) is 9.38 Å². The second-order valence-electron chi connectivity index (χ2n) is 3.02. The lowest BCUT2D eigenvalue weighted by Gasteiger charge is -1.98. The normalized spacial score (nSPS) is 11.1. The van der Waals surface area contributed by atoms with Gasteiger partial charge in [-0.2, -0.15) is 0 Å². The summed E-state index contributed by atoms with van der Waals surface area (Å²) in [5.41, 5.74) is 1.04. The summed E-state index contributed by atoms with van der Waals surface area (Å²) >= 11 is 0. The highest BCUT2D eigenvalue weighted by Gasteiger charge is 1.98. The molecule has 2 aromatic heterocycles. The molecule has 0 fully saturated rings. The van der Waals surface area contributed by atoms with E-state index in [4.69, 9.17) is 0 Å². The first-order chi connectivity index (χ1) is 6.45. The van der Waals surface area contributed by atoms with Gasteiger partial charge in [0.2, 0.25) is 0 Å². The lowest BCUT2D eigenvalue weighted by Crippen LogP contribution is -1.81. The Morgan fingerprint density at radius 3 is 3.08 bits per heavy atom. The van der Waals surface area contributed by atoms with E-state index >= 15 is 0 Å². The molecule has 3 aromatic rings. The molecule has 0 aliphatic carbocycles. The SMILES string of the molecule is [c]1ncn2ccc3ccccc3c12. The number of pyridine rings is 1. The summed E-state index contributed by atoms with van der Waals surface area (Å²) in [6.45, 7) is 0. The van der Waals surface area contributed by atoms with Crippen molar-refractivity contribution in [1.29, 1.82) is 0 Å². The van der Waals surface area contributed by atoms with Crippen LogP contribution in [0.4, 0.5) is 0 Å². The first kappa shape index (κ1) is 6.66. The molecule has 2 heterocycles. The first-order valence-electron chi connectivity index (χ1n) is 4.17. The number of benzene rings is 1. The molecule has 61 valence electrons. The number of rotatable bonds is 0. The summed E-state index contributed by atoms with van der Waals surface area (Å²) in [7, 11) is 0. The van der Waals surface area contributed by atoms with Crippen molar-refractivity contribution in [3.63, 3.8) is 0 Å². The quantitative estimate of drug-likeness (QED) is 0.502. The van der Waals surface area contributed by atoms with E-state index in [0.29, 0.717) is 0 Å². The molecule has 0 saturated carbocycles. The van der Waals surface area contributed by atoms with Gasteiger partial charge in [-0.05, 0) is 11.5 Å². The molecule has 0 amide bonds. The Bertz CT molecular complexity index is 566. The molecule has 0 spiro atoms. The standard InChI is InChI=1S/C11H7N2/c1-2-4-10-9(3-1)5-6-13-8-12-7-11(10)13/h1-6,8H. The molecule has 0 aliphatic rings. The van der Waals surface area contributed by atoms with Crippen LogP contribution in [-0.2, 0) is 0 Å². The van der Waals surface area contributed by atoms with Gasteiger partial charge in [-0.3, -0.25) is 0 Å². The van der Waals surface area contributed by atoms with Crippen LogP contribution in [0.5, 0.6) is 0 Å². The fourth-order valence-corrected chi connectivity index (χ4v) is 1.60. The first-order valence-corrected chi connectivity index (χ1v) is 4.17. The Kier molecular flexibility index (Phi) is 1.19. The number of hydrogen-bond donors (Lipinski definition) is 0. The number of fused-ring (bicyclic) bond motifs is 3. The van der Waals surface area contributed by atoms with Crippen molar-refractivity contribution in [3.8, 4) is 0 Å². The van der Waals surface area contributed by atoms with Gasteiger partial charge in [-0.25, -0.2) is 4.98 Å². The molecule has 0 N–H and O–H groups in total. The number of hydrogen-bond acceptors (Lipinski definition) is 1. The molecule has 13 heavy (non-hydrogen) atoms. The minimum Gasteiger partial charge on any atom is -0.305 e. The van der Waals surface area contributed by atoms with E-state index in [1.165, 1.54) is 10.8 Å². The molecule has 0 bridgehead atoms. The summed E-state index contributed by atoms with van der Waals surface area (Å²) in [4.78, 5) is 3.99. The molecule has 0 atom stereocenters. The van der Waals surface area contributed by atoms with E-state index in [1.54, 1.807) is 6.33 Å². The predicted octanol–water partition coefficient (Wildman–Crippen LogP) is 2.29. The number of nitrogens with zero attached hydrogens (tertiary/aromatic N) is 2. The molecule has 0 saturated heterocycles. The van der Waals surface area contributed by atoms with Gasteiger partial charge in [-0.15, -0.1) is 0 Å². The Balaban J connectivity index is 2.65. The van der Waals surface area contributed by atoms with Gasteiger partial charge in [0.15, 0.2) is 0 Å².